The normalized spacial score (nSPS) is 7.50. The van der Waals surface area contributed by atoms with E-state index in [2.05, 4.69) is 0 Å². The summed E-state index contributed by atoms with van der Waals surface area (Å²) in [4.78, 5) is 0. The van der Waals surface area contributed by atoms with Crippen LogP contribution < -0.4 is 0 Å². The average molecular weight is 183 g/mol. The van der Waals surface area contributed by atoms with Crippen LogP contribution in [0.5, 0.6) is 0 Å². The molecule has 0 nitrogen and oxygen atoms in total. The zero-order valence-electron chi connectivity index (χ0n) is 2.37. The van der Waals surface area contributed by atoms with Crippen molar-refractivity contribution < 1.29 is 0 Å². The minimum atomic E-state index is 0.849. The summed E-state index contributed by atoms with van der Waals surface area (Å²) in [6.07, 6.45) is 0. The van der Waals surface area contributed by atoms with E-state index in [1.807, 2.05) is 0 Å². The Kier molecular flexibility index (Phi) is 5.20. The van der Waals surface area contributed by atoms with E-state index < -0.39 is 0 Å². The molecular formula is C2H5ClSn. The first-order valence-electron chi connectivity index (χ1n) is 1.18. The van der Waals surface area contributed by atoms with Crippen molar-refractivity contribution in [3.05, 3.63) is 0 Å². The van der Waals surface area contributed by atoms with Gasteiger partial charge in [-0.1, -0.05) is 0 Å². The molecular weight excluding hydrogens is 178 g/mol. The van der Waals surface area contributed by atoms with Crippen LogP contribution in [0.4, 0.5) is 0 Å². The summed E-state index contributed by atoms with van der Waals surface area (Å²) in [6.45, 7) is 0. The van der Waals surface area contributed by atoms with E-state index in [-0.39, 0.29) is 0 Å². The third-order valence-corrected chi connectivity index (χ3v) is 2.20. The van der Waals surface area contributed by atoms with Crippen LogP contribution in [0.15, 0.2) is 0 Å². The third kappa shape index (κ3) is 3.09. The molecule has 0 aromatic rings. The number of rotatable bonds is 1. The second kappa shape index (κ2) is 4.09. The summed E-state index contributed by atoms with van der Waals surface area (Å²) in [5.74, 6) is 0.849. The van der Waals surface area contributed by atoms with Gasteiger partial charge in [0, 0.05) is 0 Å². The van der Waals surface area contributed by atoms with Gasteiger partial charge in [-0.15, -0.1) is 0 Å². The van der Waals surface area contributed by atoms with Gasteiger partial charge in [-0.05, 0) is 0 Å². The van der Waals surface area contributed by atoms with Crippen molar-refractivity contribution in [3.63, 3.8) is 0 Å². The van der Waals surface area contributed by atoms with Crippen LogP contribution in [-0.4, -0.2) is 28.4 Å². The molecule has 24 valence electrons. The van der Waals surface area contributed by atoms with E-state index in [1.165, 1.54) is 27.0 Å². The van der Waals surface area contributed by atoms with Crippen molar-refractivity contribution in [3.8, 4) is 0 Å². The van der Waals surface area contributed by atoms with Gasteiger partial charge in [0.1, 0.15) is 0 Å². The van der Waals surface area contributed by atoms with Crippen LogP contribution >= 0.6 is 11.6 Å². The molecule has 2 radical (unpaired) electrons. The number of halogens is 1. The van der Waals surface area contributed by atoms with Crippen molar-refractivity contribution in [1.82, 2.24) is 0 Å². The fourth-order valence-corrected chi connectivity index (χ4v) is 0. The Morgan fingerprint density at radius 2 is 2.00 bits per heavy atom. The van der Waals surface area contributed by atoms with E-state index in [0.717, 1.165) is 5.88 Å². The van der Waals surface area contributed by atoms with Crippen molar-refractivity contribution in [2.24, 2.45) is 0 Å². The van der Waals surface area contributed by atoms with Gasteiger partial charge in [-0.25, -0.2) is 0 Å². The summed E-state index contributed by atoms with van der Waals surface area (Å²) in [5.41, 5.74) is 0. The predicted molar refractivity (Wildman–Crippen MR) is 22.7 cm³/mol. The standard InChI is InChI=1S/C2H4Cl.Sn.H/c1-2-3;;/h1-2H2;;. The van der Waals surface area contributed by atoms with Gasteiger partial charge in [0.05, 0.1) is 0 Å². The monoisotopic (exact) mass is 184 g/mol. The quantitative estimate of drug-likeness (QED) is 0.411. The fraction of sp³-hybridized carbons (Fsp3) is 1.00. The van der Waals surface area contributed by atoms with Gasteiger partial charge < -0.3 is 0 Å². The first-order chi connectivity index (χ1) is 1.91. The third-order valence-electron chi connectivity index (χ3n) is 0.109. The molecule has 0 saturated carbocycles. The average Bonchev–Trinajstić information content (AvgIpc) is 1.37. The Hall–Kier alpha value is 1.09. The zero-order valence-corrected chi connectivity index (χ0v) is 6.42. The summed E-state index contributed by atoms with van der Waals surface area (Å²) in [6, 6.07) is 0. The molecule has 2 heteroatoms. The van der Waals surface area contributed by atoms with Gasteiger partial charge in [-0.3, -0.25) is 0 Å². The second-order valence-corrected chi connectivity index (χ2v) is 2.50. The zero-order chi connectivity index (χ0) is 3.41. The Labute approximate surface area is 44.6 Å². The Balaban J connectivity index is 1.97. The van der Waals surface area contributed by atoms with E-state index in [1.54, 1.807) is 0 Å². The van der Waals surface area contributed by atoms with Crippen molar-refractivity contribution in [2.45, 2.75) is 4.44 Å². The Morgan fingerprint density at radius 1 is 1.75 bits per heavy atom. The SMILES string of the molecule is ClC[CH2][SnH]. The Morgan fingerprint density at radius 3 is 2.00 bits per heavy atom. The molecule has 0 rings (SSSR count). The molecule has 0 aliphatic carbocycles. The Bertz CT molecular complexity index is 8.00. The van der Waals surface area contributed by atoms with Crippen molar-refractivity contribution in [2.75, 3.05) is 5.88 Å². The van der Waals surface area contributed by atoms with Crippen molar-refractivity contribution >= 4 is 34.1 Å². The van der Waals surface area contributed by atoms with Crippen LogP contribution in [0.25, 0.3) is 0 Å². The van der Waals surface area contributed by atoms with Gasteiger partial charge in [0.2, 0.25) is 0 Å². The number of hydrogen-bond acceptors (Lipinski definition) is 0. The summed E-state index contributed by atoms with van der Waals surface area (Å²) in [7, 11) is 0. The topological polar surface area (TPSA) is 0 Å². The molecule has 0 unspecified atom stereocenters. The molecule has 0 aromatic heterocycles. The molecule has 0 heterocycles. The van der Waals surface area contributed by atoms with Crippen LogP contribution in [0.2, 0.25) is 4.44 Å². The van der Waals surface area contributed by atoms with Gasteiger partial charge in [-0.2, -0.15) is 0 Å². The van der Waals surface area contributed by atoms with Crippen LogP contribution in [0.1, 0.15) is 0 Å². The molecule has 0 bridgehead atoms. The molecule has 0 aliphatic rings. The van der Waals surface area contributed by atoms with E-state index in [4.69, 9.17) is 11.6 Å². The molecule has 0 aliphatic heterocycles. The molecule has 0 saturated heterocycles. The molecule has 0 fully saturated rings. The maximum absolute atomic E-state index is 5.22. The molecule has 0 atom stereocenters. The fourth-order valence-electron chi connectivity index (χ4n) is 0. The molecule has 4 heavy (non-hydrogen) atoms. The minimum absolute atomic E-state index is 0.849. The van der Waals surface area contributed by atoms with E-state index >= 15 is 0 Å². The molecule has 0 amide bonds. The number of alkyl halides is 1. The van der Waals surface area contributed by atoms with E-state index in [9.17, 15) is 0 Å². The number of hydrogen-bond donors (Lipinski definition) is 0. The molecule has 0 aromatic carbocycles. The van der Waals surface area contributed by atoms with Crippen LogP contribution in [-0.2, 0) is 0 Å². The summed E-state index contributed by atoms with van der Waals surface area (Å²) >= 11 is 6.53. The van der Waals surface area contributed by atoms with Gasteiger partial charge in [0.15, 0.2) is 0 Å². The molecule has 0 spiro atoms. The van der Waals surface area contributed by atoms with Crippen molar-refractivity contribution in [1.29, 1.82) is 0 Å². The van der Waals surface area contributed by atoms with Crippen LogP contribution in [0, 0.1) is 0 Å². The predicted octanol–water partition coefficient (Wildman–Crippen LogP) is 0.544. The summed E-state index contributed by atoms with van der Waals surface area (Å²) < 4.78 is 1.21. The van der Waals surface area contributed by atoms with Gasteiger partial charge >= 0.3 is 44.4 Å². The first-order valence-corrected chi connectivity index (χ1v) is 4.04. The summed E-state index contributed by atoms with van der Waals surface area (Å²) in [5, 5.41) is 0. The second-order valence-electron chi connectivity index (χ2n) is 0.478. The first kappa shape index (κ1) is 5.09. The maximum atomic E-state index is 5.22. The van der Waals surface area contributed by atoms with E-state index in [0.29, 0.717) is 0 Å². The molecule has 0 N–H and O–H groups in total. The van der Waals surface area contributed by atoms with Gasteiger partial charge in [0.25, 0.3) is 0 Å². The van der Waals surface area contributed by atoms with Crippen LogP contribution in [0.3, 0.4) is 0 Å².